The Morgan fingerprint density at radius 2 is 2.15 bits per heavy atom. The number of thiophene rings is 1. The minimum absolute atomic E-state index is 0.130. The molecule has 1 N–H and O–H groups in total. The first-order valence-electron chi connectivity index (χ1n) is 8.21. The molecule has 0 fully saturated rings. The molecule has 0 aliphatic rings. The number of likely N-dealkylation sites (N-methyl/N-ethyl adjacent to an activating group) is 1. The van der Waals surface area contributed by atoms with Gasteiger partial charge in [-0.1, -0.05) is 30.3 Å². The first-order valence-corrected chi connectivity index (χ1v) is 9.09. The molecule has 0 bridgehead atoms. The SMILES string of the molecule is CCN(CC(=O)Nc1ccccc1OC)Cc1nc(-c2cccs2)no1. The van der Waals surface area contributed by atoms with Crippen molar-refractivity contribution in [2.75, 3.05) is 25.5 Å². The lowest BCUT2D eigenvalue weighted by Crippen LogP contribution is -2.33. The van der Waals surface area contributed by atoms with Crippen LogP contribution in [0.2, 0.25) is 0 Å². The molecule has 1 amide bonds. The van der Waals surface area contributed by atoms with Crippen molar-refractivity contribution in [3.8, 4) is 16.5 Å². The third kappa shape index (κ3) is 4.47. The Morgan fingerprint density at radius 3 is 2.88 bits per heavy atom. The summed E-state index contributed by atoms with van der Waals surface area (Å²) in [7, 11) is 1.57. The predicted molar refractivity (Wildman–Crippen MR) is 100 cm³/mol. The summed E-state index contributed by atoms with van der Waals surface area (Å²) in [6.45, 7) is 3.28. The van der Waals surface area contributed by atoms with Crippen LogP contribution in [0, 0.1) is 0 Å². The number of nitrogens with zero attached hydrogens (tertiary/aromatic N) is 3. The van der Waals surface area contributed by atoms with Gasteiger partial charge in [-0.2, -0.15) is 4.98 Å². The average molecular weight is 372 g/mol. The molecule has 8 heteroatoms. The Hall–Kier alpha value is -2.71. The summed E-state index contributed by atoms with van der Waals surface area (Å²) in [4.78, 5) is 19.6. The Bertz CT molecular complexity index is 848. The van der Waals surface area contributed by atoms with Gasteiger partial charge in [-0.3, -0.25) is 9.69 Å². The van der Waals surface area contributed by atoms with Crippen LogP contribution in [0.15, 0.2) is 46.3 Å². The smallest absolute Gasteiger partial charge is 0.241 e. The van der Waals surface area contributed by atoms with Crippen molar-refractivity contribution in [1.82, 2.24) is 15.0 Å². The van der Waals surface area contributed by atoms with E-state index in [1.54, 1.807) is 30.6 Å². The fourth-order valence-corrected chi connectivity index (χ4v) is 3.09. The molecule has 0 spiro atoms. The number of carbonyl (C=O) groups excluding carboxylic acids is 1. The first-order chi connectivity index (χ1) is 12.7. The number of para-hydroxylation sites is 2. The lowest BCUT2D eigenvalue weighted by Gasteiger charge is -2.18. The Labute approximate surface area is 155 Å². The number of ether oxygens (including phenoxy) is 1. The van der Waals surface area contributed by atoms with Gasteiger partial charge >= 0.3 is 0 Å². The van der Waals surface area contributed by atoms with Crippen molar-refractivity contribution in [2.45, 2.75) is 13.5 Å². The topological polar surface area (TPSA) is 80.5 Å². The van der Waals surface area contributed by atoms with Crippen LogP contribution in [0.4, 0.5) is 5.69 Å². The molecule has 0 aliphatic heterocycles. The fourth-order valence-electron chi connectivity index (χ4n) is 2.44. The van der Waals surface area contributed by atoms with Crippen LogP contribution in [0.3, 0.4) is 0 Å². The summed E-state index contributed by atoms with van der Waals surface area (Å²) in [5.74, 6) is 1.56. The van der Waals surface area contributed by atoms with E-state index in [2.05, 4.69) is 15.5 Å². The molecule has 0 saturated carbocycles. The number of methoxy groups -OCH3 is 1. The number of nitrogens with one attached hydrogen (secondary N) is 1. The monoisotopic (exact) mass is 372 g/mol. The quantitative estimate of drug-likeness (QED) is 0.654. The van der Waals surface area contributed by atoms with Crippen molar-refractivity contribution in [3.05, 3.63) is 47.7 Å². The van der Waals surface area contributed by atoms with Gasteiger partial charge in [-0.15, -0.1) is 11.3 Å². The van der Waals surface area contributed by atoms with E-state index in [-0.39, 0.29) is 12.5 Å². The van der Waals surface area contributed by atoms with E-state index in [1.807, 2.05) is 41.5 Å². The second kappa shape index (κ2) is 8.59. The largest absolute Gasteiger partial charge is 0.495 e. The van der Waals surface area contributed by atoms with Gasteiger partial charge in [-0.25, -0.2) is 0 Å². The molecule has 7 nitrogen and oxygen atoms in total. The Balaban J connectivity index is 1.60. The molecule has 0 radical (unpaired) electrons. The second-order valence-electron chi connectivity index (χ2n) is 5.54. The van der Waals surface area contributed by atoms with E-state index in [4.69, 9.17) is 9.26 Å². The maximum absolute atomic E-state index is 12.4. The van der Waals surface area contributed by atoms with Crippen molar-refractivity contribution < 1.29 is 14.1 Å². The number of hydrogen-bond acceptors (Lipinski definition) is 7. The zero-order chi connectivity index (χ0) is 18.4. The summed E-state index contributed by atoms with van der Waals surface area (Å²) in [5.41, 5.74) is 0.647. The predicted octanol–water partition coefficient (Wildman–Crippen LogP) is 3.27. The lowest BCUT2D eigenvalue weighted by atomic mass is 10.3. The van der Waals surface area contributed by atoms with E-state index in [0.717, 1.165) is 4.88 Å². The summed E-state index contributed by atoms with van der Waals surface area (Å²) in [6.07, 6.45) is 0. The number of anilines is 1. The number of benzene rings is 1. The molecule has 1 aromatic carbocycles. The zero-order valence-corrected chi connectivity index (χ0v) is 15.5. The molecule has 0 unspecified atom stereocenters. The molecule has 3 rings (SSSR count). The lowest BCUT2D eigenvalue weighted by molar-refractivity contribution is -0.117. The summed E-state index contributed by atoms with van der Waals surface area (Å²) < 4.78 is 10.6. The first kappa shape index (κ1) is 18.1. The van der Waals surface area contributed by atoms with E-state index in [9.17, 15) is 4.79 Å². The van der Waals surface area contributed by atoms with Crippen LogP contribution in [-0.4, -0.2) is 41.1 Å². The van der Waals surface area contributed by atoms with Crippen LogP contribution in [0.25, 0.3) is 10.7 Å². The van der Waals surface area contributed by atoms with Gasteiger partial charge in [0.05, 0.1) is 30.8 Å². The third-order valence-electron chi connectivity index (χ3n) is 3.76. The molecule has 0 atom stereocenters. The normalized spacial score (nSPS) is 10.9. The van der Waals surface area contributed by atoms with Gasteiger partial charge in [0.25, 0.3) is 0 Å². The van der Waals surface area contributed by atoms with Crippen molar-refractivity contribution in [3.63, 3.8) is 0 Å². The van der Waals surface area contributed by atoms with Gasteiger partial charge in [0.1, 0.15) is 5.75 Å². The van der Waals surface area contributed by atoms with Crippen LogP contribution in [-0.2, 0) is 11.3 Å². The van der Waals surface area contributed by atoms with Crippen LogP contribution < -0.4 is 10.1 Å². The average Bonchev–Trinajstić information content (AvgIpc) is 3.33. The number of hydrogen-bond donors (Lipinski definition) is 1. The van der Waals surface area contributed by atoms with Crippen molar-refractivity contribution in [1.29, 1.82) is 0 Å². The summed E-state index contributed by atoms with van der Waals surface area (Å²) in [5, 5.41) is 8.83. The van der Waals surface area contributed by atoms with Crippen molar-refractivity contribution in [2.24, 2.45) is 0 Å². The van der Waals surface area contributed by atoms with Crippen molar-refractivity contribution >= 4 is 22.9 Å². The minimum atomic E-state index is -0.130. The van der Waals surface area contributed by atoms with E-state index in [0.29, 0.717) is 36.2 Å². The molecule has 136 valence electrons. The van der Waals surface area contributed by atoms with Gasteiger partial charge in [0.15, 0.2) is 0 Å². The molecule has 2 heterocycles. The Morgan fingerprint density at radius 1 is 1.31 bits per heavy atom. The molecule has 3 aromatic rings. The summed E-state index contributed by atoms with van der Waals surface area (Å²) >= 11 is 1.55. The van der Waals surface area contributed by atoms with E-state index in [1.165, 1.54) is 0 Å². The van der Waals surface area contributed by atoms with Gasteiger partial charge in [0.2, 0.25) is 17.6 Å². The number of aromatic nitrogens is 2. The molecular formula is C18H20N4O3S. The van der Waals surface area contributed by atoms with Gasteiger partial charge in [-0.05, 0) is 30.1 Å². The minimum Gasteiger partial charge on any atom is -0.495 e. The van der Waals surface area contributed by atoms with E-state index < -0.39 is 0 Å². The summed E-state index contributed by atoms with van der Waals surface area (Å²) in [6, 6.07) is 11.2. The highest BCUT2D eigenvalue weighted by molar-refractivity contribution is 7.13. The molecule has 0 saturated heterocycles. The fraction of sp³-hybridized carbons (Fsp3) is 0.278. The maximum Gasteiger partial charge on any atom is 0.241 e. The third-order valence-corrected chi connectivity index (χ3v) is 4.63. The maximum atomic E-state index is 12.4. The number of rotatable bonds is 8. The van der Waals surface area contributed by atoms with Gasteiger partial charge < -0.3 is 14.6 Å². The molecule has 0 aliphatic carbocycles. The molecule has 26 heavy (non-hydrogen) atoms. The highest BCUT2D eigenvalue weighted by atomic mass is 32.1. The number of amides is 1. The van der Waals surface area contributed by atoms with Gasteiger partial charge in [0, 0.05) is 0 Å². The molecule has 2 aromatic heterocycles. The number of carbonyl (C=O) groups is 1. The highest BCUT2D eigenvalue weighted by Crippen LogP contribution is 2.23. The standard InChI is InChI=1S/C18H20N4O3S/c1-3-22(11-16(23)19-13-7-4-5-8-14(13)24-2)12-17-20-18(21-25-17)15-9-6-10-26-15/h4-10H,3,11-12H2,1-2H3,(H,19,23). The zero-order valence-electron chi connectivity index (χ0n) is 14.6. The van der Waals surface area contributed by atoms with Crippen LogP contribution >= 0.6 is 11.3 Å². The molecular weight excluding hydrogens is 352 g/mol. The van der Waals surface area contributed by atoms with Crippen LogP contribution in [0.5, 0.6) is 5.75 Å². The van der Waals surface area contributed by atoms with Crippen LogP contribution in [0.1, 0.15) is 12.8 Å². The Kier molecular flexibility index (Phi) is 5.98. The second-order valence-corrected chi connectivity index (χ2v) is 6.49. The van der Waals surface area contributed by atoms with E-state index >= 15 is 0 Å². The highest BCUT2D eigenvalue weighted by Gasteiger charge is 2.16.